The number of amides is 1. The van der Waals surface area contributed by atoms with Gasteiger partial charge in [0.05, 0.1) is 16.8 Å². The van der Waals surface area contributed by atoms with Gasteiger partial charge in [-0.05, 0) is 24.1 Å². The first-order valence-corrected chi connectivity index (χ1v) is 5.69. The Labute approximate surface area is 105 Å². The van der Waals surface area contributed by atoms with Crippen LogP contribution in [0.25, 0.3) is 0 Å². The Morgan fingerprint density at radius 3 is 2.50 bits per heavy atom. The molecule has 1 aromatic rings. The first kappa shape index (κ1) is 13.3. The highest BCUT2D eigenvalue weighted by atomic mass is 35.5. The summed E-state index contributed by atoms with van der Waals surface area (Å²) in [6.45, 7) is 3.77. The summed E-state index contributed by atoms with van der Waals surface area (Å²) in [4.78, 5) is 11.7. The zero-order chi connectivity index (χ0) is 12.3. The Hall–Kier alpha value is -0.770. The molecule has 1 aromatic carbocycles. The van der Waals surface area contributed by atoms with Crippen LogP contribution < -0.4 is 11.1 Å². The summed E-state index contributed by atoms with van der Waals surface area (Å²) >= 11 is 11.7. The molecule has 0 aliphatic rings. The molecule has 0 saturated carbocycles. The van der Waals surface area contributed by atoms with Gasteiger partial charge in [0.2, 0.25) is 5.91 Å². The minimum absolute atomic E-state index is 0.0751. The Morgan fingerprint density at radius 1 is 1.38 bits per heavy atom. The predicted molar refractivity (Wildman–Crippen MR) is 67.9 cm³/mol. The summed E-state index contributed by atoms with van der Waals surface area (Å²) in [7, 11) is 0. The molecule has 0 saturated heterocycles. The second-order valence-corrected chi connectivity index (χ2v) is 4.73. The summed E-state index contributed by atoms with van der Waals surface area (Å²) in [6, 6.07) is 4.32. The minimum atomic E-state index is -0.549. The van der Waals surface area contributed by atoms with Crippen LogP contribution in [0.15, 0.2) is 18.2 Å². The van der Waals surface area contributed by atoms with E-state index >= 15 is 0 Å². The fourth-order valence-corrected chi connectivity index (χ4v) is 1.57. The minimum Gasteiger partial charge on any atom is -0.323 e. The number of anilines is 1. The molecular weight excluding hydrogens is 247 g/mol. The molecule has 3 nitrogen and oxygen atoms in total. The van der Waals surface area contributed by atoms with Crippen molar-refractivity contribution in [1.82, 2.24) is 0 Å². The summed E-state index contributed by atoms with van der Waals surface area (Å²) < 4.78 is 0. The van der Waals surface area contributed by atoms with Gasteiger partial charge in [-0.2, -0.15) is 0 Å². The average Bonchev–Trinajstić information content (AvgIpc) is 2.20. The van der Waals surface area contributed by atoms with Gasteiger partial charge in [-0.15, -0.1) is 0 Å². The van der Waals surface area contributed by atoms with Gasteiger partial charge < -0.3 is 11.1 Å². The molecule has 1 atom stereocenters. The van der Waals surface area contributed by atoms with Crippen LogP contribution in [0.2, 0.25) is 10.0 Å². The first-order valence-electron chi connectivity index (χ1n) is 4.93. The van der Waals surface area contributed by atoms with Crippen molar-refractivity contribution in [2.45, 2.75) is 19.9 Å². The van der Waals surface area contributed by atoms with Crippen LogP contribution in [-0.2, 0) is 4.79 Å². The van der Waals surface area contributed by atoms with Crippen LogP contribution in [0, 0.1) is 5.92 Å². The van der Waals surface area contributed by atoms with Crippen LogP contribution in [0.4, 0.5) is 5.69 Å². The number of nitrogens with two attached hydrogens (primary N) is 1. The molecule has 0 aromatic heterocycles. The van der Waals surface area contributed by atoms with E-state index in [2.05, 4.69) is 5.32 Å². The smallest absolute Gasteiger partial charge is 0.241 e. The van der Waals surface area contributed by atoms with Crippen LogP contribution in [0.5, 0.6) is 0 Å². The molecule has 0 radical (unpaired) electrons. The lowest BCUT2D eigenvalue weighted by Crippen LogP contribution is -2.39. The quantitative estimate of drug-likeness (QED) is 0.878. The molecule has 0 bridgehead atoms. The lowest BCUT2D eigenvalue weighted by Gasteiger charge is -2.15. The number of halogens is 2. The van der Waals surface area contributed by atoms with Gasteiger partial charge in [-0.1, -0.05) is 37.0 Å². The van der Waals surface area contributed by atoms with Gasteiger partial charge in [0.1, 0.15) is 0 Å². The maximum Gasteiger partial charge on any atom is 0.241 e. The zero-order valence-electron chi connectivity index (χ0n) is 9.13. The van der Waals surface area contributed by atoms with Crippen molar-refractivity contribution in [3.63, 3.8) is 0 Å². The van der Waals surface area contributed by atoms with Gasteiger partial charge in [0, 0.05) is 5.02 Å². The first-order chi connectivity index (χ1) is 7.41. The van der Waals surface area contributed by atoms with Gasteiger partial charge in [0.25, 0.3) is 0 Å². The Bertz CT molecular complexity index is 394. The van der Waals surface area contributed by atoms with Crippen molar-refractivity contribution in [2.24, 2.45) is 11.7 Å². The lowest BCUT2D eigenvalue weighted by atomic mass is 10.1. The van der Waals surface area contributed by atoms with E-state index in [-0.39, 0.29) is 11.8 Å². The highest BCUT2D eigenvalue weighted by Crippen LogP contribution is 2.25. The number of hydrogen-bond donors (Lipinski definition) is 2. The van der Waals surface area contributed by atoms with E-state index in [0.717, 1.165) is 0 Å². The van der Waals surface area contributed by atoms with Crippen molar-refractivity contribution >= 4 is 34.8 Å². The number of hydrogen-bond acceptors (Lipinski definition) is 2. The maximum atomic E-state index is 11.7. The predicted octanol–water partition coefficient (Wildman–Crippen LogP) is 2.92. The fourth-order valence-electron chi connectivity index (χ4n) is 1.11. The van der Waals surface area contributed by atoms with Crippen LogP contribution in [0.3, 0.4) is 0 Å². The molecule has 3 N–H and O–H groups in total. The van der Waals surface area contributed by atoms with Gasteiger partial charge in [0.15, 0.2) is 0 Å². The molecule has 0 aliphatic carbocycles. The number of carbonyl (C=O) groups is 1. The molecule has 0 aliphatic heterocycles. The lowest BCUT2D eigenvalue weighted by molar-refractivity contribution is -0.118. The monoisotopic (exact) mass is 260 g/mol. The van der Waals surface area contributed by atoms with E-state index < -0.39 is 6.04 Å². The van der Waals surface area contributed by atoms with Gasteiger partial charge in [-0.25, -0.2) is 0 Å². The van der Waals surface area contributed by atoms with Crippen molar-refractivity contribution < 1.29 is 4.79 Å². The highest BCUT2D eigenvalue weighted by Gasteiger charge is 2.17. The third kappa shape index (κ3) is 3.37. The number of nitrogens with one attached hydrogen (secondary N) is 1. The topological polar surface area (TPSA) is 55.1 Å². The van der Waals surface area contributed by atoms with Crippen LogP contribution >= 0.6 is 23.2 Å². The summed E-state index contributed by atoms with van der Waals surface area (Å²) in [5.74, 6) is -0.176. The number of benzene rings is 1. The van der Waals surface area contributed by atoms with Crippen molar-refractivity contribution in [1.29, 1.82) is 0 Å². The molecule has 5 heteroatoms. The average molecular weight is 261 g/mol. The Balaban J connectivity index is 2.77. The van der Waals surface area contributed by atoms with Gasteiger partial charge in [-0.3, -0.25) is 4.79 Å². The molecule has 0 spiro atoms. The van der Waals surface area contributed by atoms with E-state index in [1.165, 1.54) is 0 Å². The standard InChI is InChI=1S/C11H14Cl2N2O/c1-6(2)10(14)11(16)15-9-4-3-7(12)5-8(9)13/h3-6,10H,14H2,1-2H3,(H,15,16)/t10-/m1/s1. The number of rotatable bonds is 3. The normalized spacial score (nSPS) is 12.6. The van der Waals surface area contributed by atoms with E-state index in [1.54, 1.807) is 18.2 Å². The summed E-state index contributed by atoms with van der Waals surface area (Å²) in [5, 5.41) is 3.59. The van der Waals surface area contributed by atoms with E-state index in [4.69, 9.17) is 28.9 Å². The molecular formula is C11H14Cl2N2O. The molecule has 0 unspecified atom stereocenters. The summed E-state index contributed by atoms with van der Waals surface area (Å²) in [6.07, 6.45) is 0. The SMILES string of the molecule is CC(C)[C@@H](N)C(=O)Nc1ccc(Cl)cc1Cl. The number of carbonyl (C=O) groups excluding carboxylic acids is 1. The van der Waals surface area contributed by atoms with E-state index in [9.17, 15) is 4.79 Å². The third-order valence-corrected chi connectivity index (χ3v) is 2.76. The van der Waals surface area contributed by atoms with E-state index in [1.807, 2.05) is 13.8 Å². The van der Waals surface area contributed by atoms with Crippen LogP contribution in [0.1, 0.15) is 13.8 Å². The zero-order valence-corrected chi connectivity index (χ0v) is 10.6. The molecule has 1 amide bonds. The maximum absolute atomic E-state index is 11.7. The molecule has 0 fully saturated rings. The highest BCUT2D eigenvalue weighted by molar-refractivity contribution is 6.36. The van der Waals surface area contributed by atoms with Crippen molar-refractivity contribution in [2.75, 3.05) is 5.32 Å². The summed E-state index contributed by atoms with van der Waals surface area (Å²) in [5.41, 5.74) is 6.23. The molecule has 16 heavy (non-hydrogen) atoms. The van der Waals surface area contributed by atoms with Crippen molar-refractivity contribution in [3.05, 3.63) is 28.2 Å². The van der Waals surface area contributed by atoms with Crippen LogP contribution in [-0.4, -0.2) is 11.9 Å². The largest absolute Gasteiger partial charge is 0.323 e. The Morgan fingerprint density at radius 2 is 2.00 bits per heavy atom. The third-order valence-electron chi connectivity index (χ3n) is 2.21. The second kappa shape index (κ2) is 5.53. The second-order valence-electron chi connectivity index (χ2n) is 3.88. The fraction of sp³-hybridized carbons (Fsp3) is 0.364. The molecule has 1 rings (SSSR count). The van der Waals surface area contributed by atoms with Crippen molar-refractivity contribution in [3.8, 4) is 0 Å². The Kier molecular flexibility index (Phi) is 4.59. The van der Waals surface area contributed by atoms with E-state index in [0.29, 0.717) is 15.7 Å². The van der Waals surface area contributed by atoms with Gasteiger partial charge >= 0.3 is 0 Å². The molecule has 88 valence electrons. The molecule has 0 heterocycles.